The van der Waals surface area contributed by atoms with E-state index in [2.05, 4.69) is 10.6 Å². The zero-order valence-electron chi connectivity index (χ0n) is 19.3. The van der Waals surface area contributed by atoms with Crippen molar-refractivity contribution in [1.29, 1.82) is 0 Å². The molecule has 0 bridgehead atoms. The molecule has 1 unspecified atom stereocenters. The molecular weight excluding hydrogens is 400 g/mol. The maximum Gasteiger partial charge on any atom is 0.225 e. The lowest BCUT2D eigenvalue weighted by Crippen LogP contribution is -2.31. The van der Waals surface area contributed by atoms with Gasteiger partial charge in [-0.2, -0.15) is 5.10 Å². The minimum absolute atomic E-state index is 0.0160. The Morgan fingerprint density at radius 2 is 1.62 bits per heavy atom. The van der Waals surface area contributed by atoms with Crippen LogP contribution in [0.1, 0.15) is 50.8 Å². The number of rotatable bonds is 9. The molecule has 0 radical (unpaired) electrons. The fourth-order valence-electron chi connectivity index (χ4n) is 3.52. The molecule has 1 atom stereocenters. The van der Waals surface area contributed by atoms with Gasteiger partial charge in [-0.25, -0.2) is 4.68 Å². The molecule has 1 aromatic heterocycles. The smallest absolute Gasteiger partial charge is 0.225 e. The van der Waals surface area contributed by atoms with Gasteiger partial charge in [0.15, 0.2) is 0 Å². The van der Waals surface area contributed by atoms with E-state index in [1.807, 2.05) is 82.3 Å². The number of hydrogen-bond donors (Lipinski definition) is 2. The van der Waals surface area contributed by atoms with Gasteiger partial charge in [0.2, 0.25) is 11.8 Å². The third-order valence-electron chi connectivity index (χ3n) is 5.49. The Morgan fingerprint density at radius 3 is 2.28 bits per heavy atom. The maximum atomic E-state index is 12.8. The third-order valence-corrected chi connectivity index (χ3v) is 5.49. The van der Waals surface area contributed by atoms with Crippen molar-refractivity contribution in [1.82, 2.24) is 15.1 Å². The summed E-state index contributed by atoms with van der Waals surface area (Å²) in [6.45, 7) is 7.99. The fraction of sp³-hybridized carbons (Fsp3) is 0.346. The minimum atomic E-state index is -0.133. The second-order valence-corrected chi connectivity index (χ2v) is 8.20. The summed E-state index contributed by atoms with van der Waals surface area (Å²) in [6, 6.07) is 18.1. The fourth-order valence-corrected chi connectivity index (χ4v) is 3.52. The summed E-state index contributed by atoms with van der Waals surface area (Å²) >= 11 is 0. The Hall–Kier alpha value is -3.41. The van der Waals surface area contributed by atoms with E-state index in [4.69, 9.17) is 5.10 Å². The highest BCUT2D eigenvalue weighted by Gasteiger charge is 2.20. The number of carbonyl (C=O) groups is 2. The van der Waals surface area contributed by atoms with Crippen LogP contribution in [0.4, 0.5) is 5.82 Å². The van der Waals surface area contributed by atoms with Crippen LogP contribution in [0.15, 0.2) is 54.6 Å². The van der Waals surface area contributed by atoms with Gasteiger partial charge >= 0.3 is 0 Å². The van der Waals surface area contributed by atoms with Crippen LogP contribution in [-0.2, 0) is 9.59 Å². The van der Waals surface area contributed by atoms with Crippen molar-refractivity contribution in [2.75, 3.05) is 5.32 Å². The topological polar surface area (TPSA) is 76.0 Å². The number of amides is 2. The summed E-state index contributed by atoms with van der Waals surface area (Å²) in [5.41, 5.74) is 4.76. The lowest BCUT2D eigenvalue weighted by atomic mass is 10.1. The molecule has 3 rings (SSSR count). The quantitative estimate of drug-likeness (QED) is 0.489. The Kier molecular flexibility index (Phi) is 7.82. The van der Waals surface area contributed by atoms with Crippen LogP contribution in [0.2, 0.25) is 0 Å². The maximum absolute atomic E-state index is 12.8. The van der Waals surface area contributed by atoms with Crippen LogP contribution in [0, 0.1) is 13.8 Å². The molecule has 168 valence electrons. The lowest BCUT2D eigenvalue weighted by Gasteiger charge is -2.13. The Bertz CT molecular complexity index is 1060. The predicted molar refractivity (Wildman–Crippen MR) is 129 cm³/mol. The van der Waals surface area contributed by atoms with Crippen molar-refractivity contribution in [3.05, 3.63) is 65.9 Å². The highest BCUT2D eigenvalue weighted by atomic mass is 16.2. The number of aryl methyl sites for hydroxylation is 2. The molecule has 0 aliphatic rings. The summed E-state index contributed by atoms with van der Waals surface area (Å²) in [5.74, 6) is 0.496. The first-order chi connectivity index (χ1) is 15.4. The molecule has 6 nitrogen and oxygen atoms in total. The van der Waals surface area contributed by atoms with Gasteiger partial charge < -0.3 is 10.6 Å². The Balaban J connectivity index is 1.81. The van der Waals surface area contributed by atoms with Crippen LogP contribution in [0.25, 0.3) is 16.8 Å². The van der Waals surface area contributed by atoms with Gasteiger partial charge in [0, 0.05) is 24.4 Å². The van der Waals surface area contributed by atoms with Crippen molar-refractivity contribution < 1.29 is 9.59 Å². The highest BCUT2D eigenvalue weighted by molar-refractivity contribution is 5.95. The molecule has 0 fully saturated rings. The number of aromatic nitrogens is 2. The van der Waals surface area contributed by atoms with Gasteiger partial charge in [-0.1, -0.05) is 55.0 Å². The van der Waals surface area contributed by atoms with Crippen LogP contribution in [0.5, 0.6) is 0 Å². The van der Waals surface area contributed by atoms with Gasteiger partial charge in [0.05, 0.1) is 11.4 Å². The van der Waals surface area contributed by atoms with E-state index >= 15 is 0 Å². The first-order valence-corrected chi connectivity index (χ1v) is 11.2. The molecule has 2 N–H and O–H groups in total. The van der Waals surface area contributed by atoms with Crippen LogP contribution in [-0.4, -0.2) is 27.6 Å². The predicted octanol–water partition coefficient (Wildman–Crippen LogP) is 5.18. The zero-order valence-corrected chi connectivity index (χ0v) is 19.3. The zero-order chi connectivity index (χ0) is 23.1. The monoisotopic (exact) mass is 432 g/mol. The second kappa shape index (κ2) is 10.8. The van der Waals surface area contributed by atoms with Crippen LogP contribution in [0.3, 0.4) is 0 Å². The summed E-state index contributed by atoms with van der Waals surface area (Å²) in [7, 11) is 0. The van der Waals surface area contributed by atoms with Gasteiger partial charge in [-0.3, -0.25) is 9.59 Å². The average molecular weight is 433 g/mol. The molecule has 2 aromatic carbocycles. The molecule has 0 aliphatic heterocycles. The Labute approximate surface area is 190 Å². The van der Waals surface area contributed by atoms with Gasteiger partial charge in [0.25, 0.3) is 0 Å². The lowest BCUT2D eigenvalue weighted by molar-refractivity contribution is -0.122. The van der Waals surface area contributed by atoms with E-state index in [0.717, 1.165) is 34.5 Å². The summed E-state index contributed by atoms with van der Waals surface area (Å²) in [5, 5.41) is 10.7. The molecule has 0 aliphatic carbocycles. The number of carbonyl (C=O) groups excluding carboxylic acids is 2. The number of anilines is 1. The summed E-state index contributed by atoms with van der Waals surface area (Å²) in [4.78, 5) is 24.8. The number of hydrogen-bond acceptors (Lipinski definition) is 3. The van der Waals surface area contributed by atoms with E-state index in [0.29, 0.717) is 18.7 Å². The summed E-state index contributed by atoms with van der Waals surface area (Å²) in [6.07, 6.45) is 1.98. The molecule has 2 amide bonds. The minimum Gasteiger partial charge on any atom is -0.354 e. The molecule has 0 saturated carbocycles. The molecule has 6 heteroatoms. The molecular formula is C26H32N4O2. The van der Waals surface area contributed by atoms with Crippen molar-refractivity contribution >= 4 is 17.6 Å². The van der Waals surface area contributed by atoms with Crippen molar-refractivity contribution in [2.24, 2.45) is 0 Å². The first kappa shape index (κ1) is 23.3. The van der Waals surface area contributed by atoms with Gasteiger partial charge in [-0.05, 0) is 51.3 Å². The van der Waals surface area contributed by atoms with E-state index in [1.54, 1.807) is 4.68 Å². The normalized spacial score (nSPS) is 11.8. The number of benzene rings is 2. The largest absolute Gasteiger partial charge is 0.354 e. The number of nitrogens with zero attached hydrogens (tertiary/aromatic N) is 2. The highest BCUT2D eigenvalue weighted by Crippen LogP contribution is 2.33. The van der Waals surface area contributed by atoms with E-state index in [-0.39, 0.29) is 24.3 Å². The van der Waals surface area contributed by atoms with Crippen LogP contribution < -0.4 is 10.6 Å². The molecule has 0 saturated heterocycles. The first-order valence-electron chi connectivity index (χ1n) is 11.2. The second-order valence-electron chi connectivity index (χ2n) is 8.20. The summed E-state index contributed by atoms with van der Waals surface area (Å²) < 4.78 is 1.78. The third kappa shape index (κ3) is 5.84. The van der Waals surface area contributed by atoms with Gasteiger partial charge in [0.1, 0.15) is 5.82 Å². The van der Waals surface area contributed by atoms with E-state index in [9.17, 15) is 9.59 Å². The molecule has 3 aromatic rings. The standard InChI is InChI=1S/C26H32N4O2/c1-5-19(3)27-23(31)12-9-13-24(32)28-26-25(21-10-7-6-8-11-21)20(4)29-30(26)22-16-14-18(2)15-17-22/h6-8,10-11,14-17,19H,5,9,12-13H2,1-4H3,(H,27,31)(H,28,32). The average Bonchev–Trinajstić information content (AvgIpc) is 3.10. The Morgan fingerprint density at radius 1 is 0.969 bits per heavy atom. The SMILES string of the molecule is CCC(C)NC(=O)CCCC(=O)Nc1c(-c2ccccc2)c(C)nn1-c1ccc(C)cc1. The van der Waals surface area contributed by atoms with Crippen molar-refractivity contribution in [3.63, 3.8) is 0 Å². The molecule has 1 heterocycles. The number of nitrogens with one attached hydrogen (secondary N) is 2. The van der Waals surface area contributed by atoms with Crippen molar-refractivity contribution in [3.8, 4) is 16.8 Å². The van der Waals surface area contributed by atoms with Crippen molar-refractivity contribution in [2.45, 2.75) is 59.4 Å². The van der Waals surface area contributed by atoms with E-state index < -0.39 is 0 Å². The van der Waals surface area contributed by atoms with Gasteiger partial charge in [-0.15, -0.1) is 0 Å². The molecule has 32 heavy (non-hydrogen) atoms. The molecule has 0 spiro atoms. The van der Waals surface area contributed by atoms with E-state index in [1.165, 1.54) is 0 Å². The van der Waals surface area contributed by atoms with Crippen LogP contribution >= 0.6 is 0 Å².